The maximum absolute atomic E-state index is 13.2. The van der Waals surface area contributed by atoms with E-state index in [4.69, 9.17) is 4.74 Å². The summed E-state index contributed by atoms with van der Waals surface area (Å²) in [5.41, 5.74) is 3.67. The maximum atomic E-state index is 13.2. The number of hydrogen-bond donors (Lipinski definition) is 0. The summed E-state index contributed by atoms with van der Waals surface area (Å²) in [4.78, 5) is 19.6. The molecule has 0 N–H and O–H groups in total. The zero-order valence-electron chi connectivity index (χ0n) is 15.2. The van der Waals surface area contributed by atoms with Crippen LogP contribution in [0.25, 0.3) is 5.65 Å². The molecule has 2 atom stereocenters. The smallest absolute Gasteiger partial charge is 0.257 e. The van der Waals surface area contributed by atoms with Gasteiger partial charge in [-0.15, -0.1) is 5.10 Å². The Morgan fingerprint density at radius 1 is 1.31 bits per heavy atom. The normalized spacial score (nSPS) is 20.2. The van der Waals surface area contributed by atoms with Crippen LogP contribution in [0.4, 0.5) is 0 Å². The molecule has 1 aliphatic rings. The van der Waals surface area contributed by atoms with E-state index in [9.17, 15) is 4.79 Å². The molecule has 0 bridgehead atoms. The van der Waals surface area contributed by atoms with E-state index >= 15 is 0 Å². The quantitative estimate of drug-likeness (QED) is 0.688. The van der Waals surface area contributed by atoms with Crippen molar-refractivity contribution in [2.24, 2.45) is 7.05 Å². The number of rotatable bonds is 3. The Morgan fingerprint density at radius 2 is 2.12 bits per heavy atom. The molecule has 4 heterocycles. The zero-order valence-corrected chi connectivity index (χ0v) is 15.2. The second kappa shape index (κ2) is 6.17. The van der Waals surface area contributed by atoms with Crippen molar-refractivity contribution >= 4 is 11.6 Å². The monoisotopic (exact) mass is 355 g/mol. The Morgan fingerprint density at radius 3 is 2.81 bits per heavy atom. The van der Waals surface area contributed by atoms with Crippen LogP contribution in [0.15, 0.2) is 18.5 Å². The Labute approximate surface area is 150 Å². The molecule has 3 aromatic rings. The summed E-state index contributed by atoms with van der Waals surface area (Å²) in [5, 5.41) is 12.5. The number of aromatic nitrogens is 6. The predicted molar refractivity (Wildman–Crippen MR) is 92.9 cm³/mol. The third kappa shape index (κ3) is 2.55. The van der Waals surface area contributed by atoms with Gasteiger partial charge in [0.1, 0.15) is 0 Å². The number of likely N-dealkylation sites (tertiary alicyclic amines) is 1. The minimum atomic E-state index is -0.113. The molecule has 0 aromatic carbocycles. The highest BCUT2D eigenvalue weighted by Crippen LogP contribution is 2.30. The number of carbonyl (C=O) groups excluding carboxylic acids is 1. The van der Waals surface area contributed by atoms with Gasteiger partial charge < -0.3 is 9.64 Å². The number of fused-ring (bicyclic) bond motifs is 1. The Hall–Kier alpha value is -2.81. The number of carbonyl (C=O) groups is 1. The lowest BCUT2D eigenvalue weighted by Crippen LogP contribution is -2.31. The van der Waals surface area contributed by atoms with Gasteiger partial charge in [0.25, 0.3) is 5.91 Å². The lowest BCUT2D eigenvalue weighted by atomic mass is 10.0. The van der Waals surface area contributed by atoms with Gasteiger partial charge in [0.05, 0.1) is 40.9 Å². The molecule has 26 heavy (non-hydrogen) atoms. The first-order valence-electron chi connectivity index (χ1n) is 8.48. The van der Waals surface area contributed by atoms with Crippen molar-refractivity contribution in [1.29, 1.82) is 0 Å². The average Bonchev–Trinajstić information content (AvgIpc) is 3.32. The van der Waals surface area contributed by atoms with Crippen molar-refractivity contribution in [3.8, 4) is 0 Å². The van der Waals surface area contributed by atoms with Gasteiger partial charge in [0, 0.05) is 39.5 Å². The van der Waals surface area contributed by atoms with Crippen molar-refractivity contribution in [2.45, 2.75) is 25.9 Å². The van der Waals surface area contributed by atoms with Crippen LogP contribution in [0.2, 0.25) is 0 Å². The number of amides is 1. The third-order valence-electron chi connectivity index (χ3n) is 5.02. The molecule has 0 spiro atoms. The maximum Gasteiger partial charge on any atom is 0.257 e. The van der Waals surface area contributed by atoms with E-state index in [0.717, 1.165) is 17.0 Å². The molecule has 136 valence electrons. The predicted octanol–water partition coefficient (Wildman–Crippen LogP) is 0.729. The number of ether oxygens (including phenoxy) is 1. The van der Waals surface area contributed by atoms with Crippen LogP contribution in [-0.4, -0.2) is 66.7 Å². The average molecular weight is 355 g/mol. The van der Waals surface area contributed by atoms with E-state index in [2.05, 4.69) is 20.4 Å². The molecule has 1 aliphatic heterocycles. The number of nitrogens with zero attached hydrogens (tertiary/aromatic N) is 7. The highest BCUT2D eigenvalue weighted by atomic mass is 16.5. The van der Waals surface area contributed by atoms with Crippen molar-refractivity contribution in [1.82, 2.24) is 34.5 Å². The number of aryl methyl sites for hydroxylation is 3. The summed E-state index contributed by atoms with van der Waals surface area (Å²) in [5.74, 6) is -0.0574. The Bertz CT molecular complexity index is 977. The van der Waals surface area contributed by atoms with Crippen LogP contribution in [0.3, 0.4) is 0 Å². The van der Waals surface area contributed by atoms with Crippen molar-refractivity contribution in [3.05, 3.63) is 41.1 Å². The first kappa shape index (κ1) is 16.6. The molecule has 0 saturated carbocycles. The van der Waals surface area contributed by atoms with E-state index in [1.54, 1.807) is 27.4 Å². The van der Waals surface area contributed by atoms with E-state index in [1.165, 1.54) is 0 Å². The van der Waals surface area contributed by atoms with Crippen LogP contribution in [0.5, 0.6) is 0 Å². The third-order valence-corrected chi connectivity index (χ3v) is 5.02. The first-order chi connectivity index (χ1) is 12.5. The molecule has 4 rings (SSSR count). The van der Waals surface area contributed by atoms with Gasteiger partial charge in [0.15, 0.2) is 5.65 Å². The summed E-state index contributed by atoms with van der Waals surface area (Å²) in [6.07, 6.45) is 3.44. The lowest BCUT2D eigenvalue weighted by molar-refractivity contribution is 0.0712. The van der Waals surface area contributed by atoms with Crippen molar-refractivity contribution in [2.75, 3.05) is 20.2 Å². The second-order valence-corrected chi connectivity index (χ2v) is 6.67. The van der Waals surface area contributed by atoms with Crippen LogP contribution < -0.4 is 0 Å². The Balaban J connectivity index is 1.67. The van der Waals surface area contributed by atoms with Gasteiger partial charge in [-0.25, -0.2) is 9.50 Å². The summed E-state index contributed by atoms with van der Waals surface area (Å²) in [7, 11) is 3.49. The fraction of sp³-hybridized carbons (Fsp3) is 0.471. The van der Waals surface area contributed by atoms with Crippen LogP contribution >= 0.6 is 0 Å². The van der Waals surface area contributed by atoms with E-state index in [0.29, 0.717) is 24.3 Å². The summed E-state index contributed by atoms with van der Waals surface area (Å²) in [6, 6.07) is 1.83. The van der Waals surface area contributed by atoms with E-state index in [1.807, 2.05) is 33.2 Å². The van der Waals surface area contributed by atoms with Gasteiger partial charge in [0.2, 0.25) is 0 Å². The molecular formula is C17H21N7O2. The van der Waals surface area contributed by atoms with Gasteiger partial charge >= 0.3 is 0 Å². The molecule has 0 aliphatic carbocycles. The van der Waals surface area contributed by atoms with E-state index in [-0.39, 0.29) is 17.9 Å². The fourth-order valence-corrected chi connectivity index (χ4v) is 3.70. The SMILES string of the molecule is CO[C@@H]1CN(C(=O)c2c(C)nc3ccnn3c2C)C[C@H]1c1cn(C)nn1. The molecule has 1 saturated heterocycles. The lowest BCUT2D eigenvalue weighted by Gasteiger charge is -2.19. The highest BCUT2D eigenvalue weighted by molar-refractivity contribution is 5.96. The van der Waals surface area contributed by atoms with Crippen LogP contribution in [-0.2, 0) is 11.8 Å². The van der Waals surface area contributed by atoms with Crippen molar-refractivity contribution in [3.63, 3.8) is 0 Å². The van der Waals surface area contributed by atoms with Gasteiger partial charge in [-0.05, 0) is 13.8 Å². The summed E-state index contributed by atoms with van der Waals surface area (Å²) >= 11 is 0. The molecule has 9 nitrogen and oxygen atoms in total. The van der Waals surface area contributed by atoms with E-state index < -0.39 is 0 Å². The van der Waals surface area contributed by atoms with Gasteiger partial charge in [-0.2, -0.15) is 5.10 Å². The number of methoxy groups -OCH3 is 1. The molecule has 3 aromatic heterocycles. The number of hydrogen-bond acceptors (Lipinski definition) is 6. The molecule has 1 amide bonds. The first-order valence-corrected chi connectivity index (χ1v) is 8.48. The van der Waals surface area contributed by atoms with Crippen LogP contribution in [0.1, 0.15) is 33.4 Å². The fourth-order valence-electron chi connectivity index (χ4n) is 3.70. The van der Waals surface area contributed by atoms with Gasteiger partial charge in [-0.3, -0.25) is 9.48 Å². The molecular weight excluding hydrogens is 334 g/mol. The summed E-state index contributed by atoms with van der Waals surface area (Å²) in [6.45, 7) is 4.79. The minimum absolute atomic E-state index is 0.000319. The van der Waals surface area contributed by atoms with Crippen molar-refractivity contribution < 1.29 is 9.53 Å². The summed E-state index contributed by atoms with van der Waals surface area (Å²) < 4.78 is 8.98. The topological polar surface area (TPSA) is 90.4 Å². The molecule has 1 fully saturated rings. The Kier molecular flexibility index (Phi) is 3.95. The standard InChI is InChI=1S/C17H21N7O2/c1-10-16(11(2)24-15(19-10)5-6-18-24)17(25)23-7-12(14(9-23)26-4)13-8-22(3)21-20-13/h5-6,8,12,14H,7,9H2,1-4H3/t12-,14+/m0/s1. The highest BCUT2D eigenvalue weighted by Gasteiger charge is 2.39. The van der Waals surface area contributed by atoms with Crippen LogP contribution in [0, 0.1) is 13.8 Å². The largest absolute Gasteiger partial charge is 0.379 e. The molecule has 0 unspecified atom stereocenters. The minimum Gasteiger partial charge on any atom is -0.379 e. The second-order valence-electron chi connectivity index (χ2n) is 6.67. The zero-order chi connectivity index (χ0) is 18.4. The molecule has 9 heteroatoms. The van der Waals surface area contributed by atoms with Gasteiger partial charge in [-0.1, -0.05) is 5.21 Å². The molecule has 0 radical (unpaired) electrons.